The Hall–Kier alpha value is -3.50. The van der Waals surface area contributed by atoms with Crippen LogP contribution in [0.25, 0.3) is 0 Å². The summed E-state index contributed by atoms with van der Waals surface area (Å²) >= 11 is 1.71. The molecule has 0 N–H and O–H groups in total. The van der Waals surface area contributed by atoms with Gasteiger partial charge in [0.15, 0.2) is 0 Å². The standard InChI is InChI=1S/C28H21NO2S/c1-29(21-14-6-3-7-15-21)26(30)27(20-12-4-2-5-13-20)28(32-27)22-16-8-10-18-24(22)31-25-19-11-9-17-23(25)28/h2-19H,1H3. The van der Waals surface area contributed by atoms with Gasteiger partial charge in [-0.3, -0.25) is 4.79 Å². The summed E-state index contributed by atoms with van der Waals surface area (Å²) in [6.07, 6.45) is 0. The predicted molar refractivity (Wildman–Crippen MR) is 129 cm³/mol. The van der Waals surface area contributed by atoms with Crippen molar-refractivity contribution in [3.05, 3.63) is 126 Å². The van der Waals surface area contributed by atoms with Gasteiger partial charge in [-0.1, -0.05) is 84.9 Å². The van der Waals surface area contributed by atoms with E-state index in [1.807, 2.05) is 92.0 Å². The van der Waals surface area contributed by atoms with Crippen molar-refractivity contribution >= 4 is 23.4 Å². The highest BCUT2D eigenvalue weighted by Gasteiger charge is 2.78. The van der Waals surface area contributed by atoms with Crippen LogP contribution in [0.15, 0.2) is 109 Å². The predicted octanol–water partition coefficient (Wildman–Crippen LogP) is 6.34. The van der Waals surface area contributed by atoms with Gasteiger partial charge >= 0.3 is 0 Å². The van der Waals surface area contributed by atoms with Gasteiger partial charge in [0.1, 0.15) is 21.0 Å². The fraction of sp³-hybridized carbons (Fsp3) is 0.107. The summed E-state index contributed by atoms with van der Waals surface area (Å²) < 4.78 is 4.92. The van der Waals surface area contributed by atoms with Gasteiger partial charge in [-0.05, 0) is 29.8 Å². The van der Waals surface area contributed by atoms with Gasteiger partial charge in [-0.25, -0.2) is 0 Å². The highest BCUT2D eigenvalue weighted by molar-refractivity contribution is 8.09. The second-order valence-corrected chi connectivity index (χ2v) is 9.55. The number of nitrogens with zero attached hydrogens (tertiary/aromatic N) is 1. The number of hydrogen-bond donors (Lipinski definition) is 0. The number of rotatable bonds is 3. The Morgan fingerprint density at radius 3 is 1.81 bits per heavy atom. The summed E-state index contributed by atoms with van der Waals surface area (Å²) in [4.78, 5) is 16.2. The van der Waals surface area contributed by atoms with E-state index in [4.69, 9.17) is 4.74 Å². The first kappa shape index (κ1) is 19.2. The van der Waals surface area contributed by atoms with E-state index >= 15 is 0 Å². The molecule has 4 aromatic carbocycles. The molecule has 0 aromatic heterocycles. The van der Waals surface area contributed by atoms with Crippen LogP contribution in [0.5, 0.6) is 11.5 Å². The number of para-hydroxylation sites is 3. The number of fused-ring (bicyclic) bond motifs is 4. The molecule has 0 radical (unpaired) electrons. The highest BCUT2D eigenvalue weighted by Crippen LogP contribution is 2.81. The van der Waals surface area contributed by atoms with Crippen LogP contribution < -0.4 is 9.64 Å². The van der Waals surface area contributed by atoms with E-state index in [2.05, 4.69) is 24.3 Å². The molecule has 1 amide bonds. The number of thioether (sulfide) groups is 1. The smallest absolute Gasteiger partial charge is 0.249 e. The summed E-state index contributed by atoms with van der Waals surface area (Å²) in [7, 11) is 1.87. The molecule has 6 rings (SSSR count). The summed E-state index contributed by atoms with van der Waals surface area (Å²) in [6, 6.07) is 36.2. The van der Waals surface area contributed by atoms with Crippen molar-refractivity contribution in [2.24, 2.45) is 0 Å². The Bertz CT molecular complexity index is 1280. The first-order valence-corrected chi connectivity index (χ1v) is 11.5. The lowest BCUT2D eigenvalue weighted by atomic mass is 9.74. The molecule has 32 heavy (non-hydrogen) atoms. The molecule has 1 atom stereocenters. The first-order chi connectivity index (χ1) is 15.7. The fourth-order valence-corrected chi connectivity index (χ4v) is 6.78. The Kier molecular flexibility index (Phi) is 4.21. The molecule has 0 bridgehead atoms. The zero-order valence-electron chi connectivity index (χ0n) is 17.6. The molecule has 1 spiro atoms. The number of anilines is 1. The van der Waals surface area contributed by atoms with Gasteiger partial charge in [0.25, 0.3) is 0 Å². The molecule has 4 heteroatoms. The molecule has 2 heterocycles. The van der Waals surface area contributed by atoms with E-state index in [-0.39, 0.29) is 5.91 Å². The summed E-state index contributed by atoms with van der Waals surface area (Å²) in [5.74, 6) is 1.68. The van der Waals surface area contributed by atoms with Gasteiger partial charge in [0.2, 0.25) is 5.91 Å². The van der Waals surface area contributed by atoms with Crippen LogP contribution in [0.3, 0.4) is 0 Å². The lowest BCUT2D eigenvalue weighted by molar-refractivity contribution is -0.120. The van der Waals surface area contributed by atoms with Gasteiger partial charge in [-0.15, -0.1) is 11.8 Å². The molecular formula is C28H21NO2S. The third-order valence-electron chi connectivity index (χ3n) is 6.44. The lowest BCUT2D eigenvalue weighted by Gasteiger charge is -2.33. The van der Waals surface area contributed by atoms with E-state index in [1.165, 1.54) is 0 Å². The third kappa shape index (κ3) is 2.47. The van der Waals surface area contributed by atoms with Crippen LogP contribution in [0, 0.1) is 0 Å². The molecule has 1 unspecified atom stereocenters. The van der Waals surface area contributed by atoms with Crippen molar-refractivity contribution in [2.45, 2.75) is 9.49 Å². The third-order valence-corrected chi connectivity index (χ3v) is 8.31. The highest BCUT2D eigenvalue weighted by atomic mass is 32.2. The van der Waals surface area contributed by atoms with Crippen LogP contribution in [0.2, 0.25) is 0 Å². The number of carbonyl (C=O) groups is 1. The van der Waals surface area contributed by atoms with Crippen LogP contribution in [-0.4, -0.2) is 13.0 Å². The molecule has 0 saturated carbocycles. The van der Waals surface area contributed by atoms with E-state index in [1.54, 1.807) is 16.7 Å². The monoisotopic (exact) mass is 435 g/mol. The first-order valence-electron chi connectivity index (χ1n) is 10.6. The maximum Gasteiger partial charge on any atom is 0.249 e. The van der Waals surface area contributed by atoms with Crippen molar-refractivity contribution < 1.29 is 9.53 Å². The van der Waals surface area contributed by atoms with E-state index in [0.29, 0.717) is 0 Å². The van der Waals surface area contributed by atoms with Crippen molar-refractivity contribution in [1.29, 1.82) is 0 Å². The van der Waals surface area contributed by atoms with Gasteiger partial charge < -0.3 is 9.64 Å². The van der Waals surface area contributed by atoms with E-state index in [0.717, 1.165) is 33.9 Å². The van der Waals surface area contributed by atoms with Crippen LogP contribution >= 0.6 is 11.8 Å². The average molecular weight is 436 g/mol. The molecule has 2 aliphatic rings. The average Bonchev–Trinajstić information content (AvgIpc) is 3.56. The zero-order valence-corrected chi connectivity index (χ0v) is 18.4. The second kappa shape index (κ2) is 7.01. The Labute approximate surface area is 191 Å². The fourth-order valence-electron chi connectivity index (χ4n) is 4.91. The largest absolute Gasteiger partial charge is 0.457 e. The lowest BCUT2D eigenvalue weighted by Crippen LogP contribution is -2.42. The minimum Gasteiger partial charge on any atom is -0.457 e. The number of benzene rings is 4. The zero-order chi connectivity index (χ0) is 21.8. The SMILES string of the molecule is CN(C(=O)C1(c2ccccc2)SC12c1ccccc1Oc1ccccc12)c1ccccc1. The molecule has 2 aliphatic heterocycles. The van der Waals surface area contributed by atoms with Crippen molar-refractivity contribution in [3.8, 4) is 11.5 Å². The number of hydrogen-bond acceptors (Lipinski definition) is 3. The van der Waals surface area contributed by atoms with Crippen molar-refractivity contribution in [2.75, 3.05) is 11.9 Å². The topological polar surface area (TPSA) is 29.5 Å². The van der Waals surface area contributed by atoms with Crippen LogP contribution in [0.4, 0.5) is 5.69 Å². The minimum absolute atomic E-state index is 0.0615. The van der Waals surface area contributed by atoms with Crippen LogP contribution in [-0.2, 0) is 14.3 Å². The maximum atomic E-state index is 14.4. The number of carbonyl (C=O) groups excluding carboxylic acids is 1. The maximum absolute atomic E-state index is 14.4. The van der Waals surface area contributed by atoms with Crippen molar-refractivity contribution in [3.63, 3.8) is 0 Å². The quantitative estimate of drug-likeness (QED) is 0.352. The number of ether oxygens (including phenoxy) is 1. The molecule has 3 nitrogen and oxygen atoms in total. The Morgan fingerprint density at radius 1 is 0.719 bits per heavy atom. The molecular weight excluding hydrogens is 414 g/mol. The Balaban J connectivity index is 1.61. The molecule has 156 valence electrons. The van der Waals surface area contributed by atoms with Gasteiger partial charge in [-0.2, -0.15) is 0 Å². The van der Waals surface area contributed by atoms with E-state index in [9.17, 15) is 4.79 Å². The summed E-state index contributed by atoms with van der Waals surface area (Å²) in [5, 5.41) is 0. The molecule has 4 aromatic rings. The normalized spacial score (nSPS) is 19.4. The summed E-state index contributed by atoms with van der Waals surface area (Å²) in [5.41, 5.74) is 3.97. The second-order valence-electron chi connectivity index (χ2n) is 8.12. The molecule has 1 saturated heterocycles. The van der Waals surface area contributed by atoms with E-state index < -0.39 is 9.49 Å². The number of amides is 1. The summed E-state index contributed by atoms with van der Waals surface area (Å²) in [6.45, 7) is 0. The van der Waals surface area contributed by atoms with Crippen molar-refractivity contribution in [1.82, 2.24) is 0 Å². The van der Waals surface area contributed by atoms with Gasteiger partial charge in [0.05, 0.1) is 0 Å². The van der Waals surface area contributed by atoms with Gasteiger partial charge in [0, 0.05) is 23.9 Å². The number of likely N-dealkylation sites (N-methyl/N-ethyl adjacent to an activating group) is 1. The Morgan fingerprint density at radius 2 is 1.22 bits per heavy atom. The van der Waals surface area contributed by atoms with Crippen LogP contribution in [0.1, 0.15) is 16.7 Å². The molecule has 1 fully saturated rings. The minimum atomic E-state index is -0.797. The molecule has 0 aliphatic carbocycles.